The van der Waals surface area contributed by atoms with E-state index < -0.39 is 0 Å². The molecule has 92 valence electrons. The molecule has 2 nitrogen and oxygen atoms in total. The second-order valence-electron chi connectivity index (χ2n) is 4.33. The van der Waals surface area contributed by atoms with E-state index in [1.54, 1.807) is 11.9 Å². The summed E-state index contributed by atoms with van der Waals surface area (Å²) in [7, 11) is 1.77. The van der Waals surface area contributed by atoms with Crippen LogP contribution in [0.4, 0.5) is 0 Å². The highest BCUT2D eigenvalue weighted by atomic mass is 16.2. The molecule has 1 amide bonds. The van der Waals surface area contributed by atoms with E-state index in [-0.39, 0.29) is 5.91 Å². The number of carbonyl (C=O) groups is 1. The van der Waals surface area contributed by atoms with Crippen LogP contribution < -0.4 is 0 Å². The minimum Gasteiger partial charge on any atom is -0.335 e. The van der Waals surface area contributed by atoms with Gasteiger partial charge in [-0.25, -0.2) is 0 Å². The quantitative estimate of drug-likeness (QED) is 0.434. The highest BCUT2D eigenvalue weighted by molar-refractivity contribution is 5.76. The van der Waals surface area contributed by atoms with Gasteiger partial charge in [-0.3, -0.25) is 4.79 Å². The lowest BCUT2D eigenvalue weighted by Crippen LogP contribution is -2.26. The van der Waals surface area contributed by atoms with Crippen molar-refractivity contribution in [3.05, 3.63) is 0 Å². The predicted octanol–water partition coefficient (Wildman–Crippen LogP) is 3.22. The lowest BCUT2D eigenvalue weighted by atomic mass is 10.1. The maximum Gasteiger partial charge on any atom is 0.223 e. The molecular weight excluding hydrogens is 198 g/mol. The van der Waals surface area contributed by atoms with Crippen molar-refractivity contribution >= 4 is 5.91 Å². The fraction of sp³-hybridized carbons (Fsp3) is 0.786. The van der Waals surface area contributed by atoms with E-state index in [1.165, 1.54) is 38.5 Å². The summed E-state index contributed by atoms with van der Waals surface area (Å²) in [5.74, 6) is 2.65. The molecule has 0 aromatic rings. The summed E-state index contributed by atoms with van der Waals surface area (Å²) in [6.45, 7) is 2.65. The number of terminal acetylenes is 1. The van der Waals surface area contributed by atoms with E-state index in [0.29, 0.717) is 13.0 Å². The molecule has 0 atom stereocenters. The van der Waals surface area contributed by atoms with Crippen molar-refractivity contribution in [1.82, 2.24) is 4.90 Å². The molecular formula is C14H25NO. The molecule has 0 heterocycles. The monoisotopic (exact) mass is 223 g/mol. The number of hydrogen-bond donors (Lipinski definition) is 0. The molecule has 2 heteroatoms. The molecule has 0 aliphatic heterocycles. The number of nitrogens with zero attached hydrogens (tertiary/aromatic N) is 1. The second kappa shape index (κ2) is 10.5. The molecule has 0 aromatic carbocycles. The van der Waals surface area contributed by atoms with Gasteiger partial charge in [-0.05, 0) is 6.42 Å². The summed E-state index contributed by atoms with van der Waals surface area (Å²) in [6.07, 6.45) is 14.5. The number of hydrogen-bond acceptors (Lipinski definition) is 1. The maximum atomic E-state index is 11.5. The smallest absolute Gasteiger partial charge is 0.223 e. The van der Waals surface area contributed by atoms with Gasteiger partial charge in [0, 0.05) is 13.5 Å². The molecule has 0 rings (SSSR count). The van der Waals surface area contributed by atoms with Gasteiger partial charge in [0.25, 0.3) is 0 Å². The Labute approximate surface area is 100 Å². The fourth-order valence-corrected chi connectivity index (χ4v) is 1.65. The predicted molar refractivity (Wildman–Crippen MR) is 69.1 cm³/mol. The number of unbranched alkanes of at least 4 members (excludes halogenated alkanes) is 6. The number of amides is 1. The van der Waals surface area contributed by atoms with Gasteiger partial charge >= 0.3 is 0 Å². The maximum absolute atomic E-state index is 11.5. The van der Waals surface area contributed by atoms with Crippen LogP contribution in [0.2, 0.25) is 0 Å². The van der Waals surface area contributed by atoms with E-state index in [0.717, 1.165) is 6.42 Å². The molecule has 0 spiro atoms. The standard InChI is InChI=1S/C14H25NO/c1-4-6-7-8-9-10-11-12-14(16)15(3)13-5-2/h2H,4,6-13H2,1,3H3. The first-order valence-electron chi connectivity index (χ1n) is 6.39. The third-order valence-corrected chi connectivity index (χ3v) is 2.75. The summed E-state index contributed by atoms with van der Waals surface area (Å²) in [6, 6.07) is 0. The first-order valence-corrected chi connectivity index (χ1v) is 6.39. The summed E-state index contributed by atoms with van der Waals surface area (Å²) in [5, 5.41) is 0. The zero-order valence-corrected chi connectivity index (χ0v) is 10.8. The van der Waals surface area contributed by atoms with E-state index in [9.17, 15) is 4.79 Å². The van der Waals surface area contributed by atoms with Crippen LogP contribution in [0.5, 0.6) is 0 Å². The summed E-state index contributed by atoms with van der Waals surface area (Å²) >= 11 is 0. The van der Waals surface area contributed by atoms with Gasteiger partial charge in [-0.2, -0.15) is 0 Å². The van der Waals surface area contributed by atoms with Crippen LogP contribution in [0, 0.1) is 12.3 Å². The molecule has 16 heavy (non-hydrogen) atoms. The minimum atomic E-state index is 0.173. The van der Waals surface area contributed by atoms with Gasteiger partial charge in [0.1, 0.15) is 0 Å². The fourth-order valence-electron chi connectivity index (χ4n) is 1.65. The number of carbonyl (C=O) groups excluding carboxylic acids is 1. The normalized spacial score (nSPS) is 9.81. The van der Waals surface area contributed by atoms with Crippen LogP contribution in [-0.4, -0.2) is 24.4 Å². The van der Waals surface area contributed by atoms with Gasteiger partial charge < -0.3 is 4.90 Å². The summed E-state index contributed by atoms with van der Waals surface area (Å²) in [5.41, 5.74) is 0. The summed E-state index contributed by atoms with van der Waals surface area (Å²) < 4.78 is 0. The molecule has 0 N–H and O–H groups in total. The van der Waals surface area contributed by atoms with Crippen molar-refractivity contribution in [2.75, 3.05) is 13.6 Å². The van der Waals surface area contributed by atoms with E-state index in [4.69, 9.17) is 6.42 Å². The van der Waals surface area contributed by atoms with Crippen LogP contribution in [-0.2, 0) is 4.79 Å². The van der Waals surface area contributed by atoms with Gasteiger partial charge in [-0.1, -0.05) is 51.4 Å². The van der Waals surface area contributed by atoms with Gasteiger partial charge in [0.05, 0.1) is 6.54 Å². The first-order chi connectivity index (χ1) is 7.72. The topological polar surface area (TPSA) is 20.3 Å². The Morgan fingerprint density at radius 3 is 2.25 bits per heavy atom. The Balaban J connectivity index is 3.31. The average Bonchev–Trinajstić information content (AvgIpc) is 2.28. The van der Waals surface area contributed by atoms with Crippen molar-refractivity contribution in [3.8, 4) is 12.3 Å². The van der Waals surface area contributed by atoms with Crippen LogP contribution >= 0.6 is 0 Å². The van der Waals surface area contributed by atoms with Crippen LogP contribution in [0.1, 0.15) is 58.3 Å². The van der Waals surface area contributed by atoms with Crippen LogP contribution in [0.15, 0.2) is 0 Å². The highest BCUT2D eigenvalue weighted by Gasteiger charge is 2.05. The molecule has 0 unspecified atom stereocenters. The molecule has 0 radical (unpaired) electrons. The highest BCUT2D eigenvalue weighted by Crippen LogP contribution is 2.08. The first kappa shape index (κ1) is 15.0. The Morgan fingerprint density at radius 1 is 1.12 bits per heavy atom. The van der Waals surface area contributed by atoms with E-state index in [1.807, 2.05) is 0 Å². The van der Waals surface area contributed by atoms with E-state index >= 15 is 0 Å². The molecule has 0 aromatic heterocycles. The Bertz CT molecular complexity index is 217. The van der Waals surface area contributed by atoms with Gasteiger partial charge in [-0.15, -0.1) is 6.42 Å². The average molecular weight is 223 g/mol. The van der Waals surface area contributed by atoms with Crippen LogP contribution in [0.25, 0.3) is 0 Å². The van der Waals surface area contributed by atoms with Crippen molar-refractivity contribution in [3.63, 3.8) is 0 Å². The SMILES string of the molecule is C#CCN(C)C(=O)CCCCCCCCC. The Hall–Kier alpha value is -0.970. The van der Waals surface area contributed by atoms with Gasteiger partial charge in [0.2, 0.25) is 5.91 Å². The zero-order chi connectivity index (χ0) is 12.2. The molecule has 0 saturated carbocycles. The molecule has 0 bridgehead atoms. The molecule has 0 aliphatic rings. The minimum absolute atomic E-state index is 0.173. The number of rotatable bonds is 9. The third kappa shape index (κ3) is 8.35. The van der Waals surface area contributed by atoms with Crippen LogP contribution in [0.3, 0.4) is 0 Å². The lowest BCUT2D eigenvalue weighted by molar-refractivity contribution is -0.129. The third-order valence-electron chi connectivity index (χ3n) is 2.75. The van der Waals surface area contributed by atoms with Crippen molar-refractivity contribution < 1.29 is 4.79 Å². The Morgan fingerprint density at radius 2 is 1.69 bits per heavy atom. The van der Waals surface area contributed by atoms with Crippen molar-refractivity contribution in [2.24, 2.45) is 0 Å². The van der Waals surface area contributed by atoms with E-state index in [2.05, 4.69) is 12.8 Å². The molecule has 0 fully saturated rings. The molecule has 0 saturated heterocycles. The Kier molecular flexibility index (Phi) is 9.91. The zero-order valence-electron chi connectivity index (χ0n) is 10.8. The van der Waals surface area contributed by atoms with Crippen molar-refractivity contribution in [2.45, 2.75) is 58.3 Å². The molecule has 0 aliphatic carbocycles. The van der Waals surface area contributed by atoms with Crippen molar-refractivity contribution in [1.29, 1.82) is 0 Å². The van der Waals surface area contributed by atoms with Gasteiger partial charge in [0.15, 0.2) is 0 Å². The summed E-state index contributed by atoms with van der Waals surface area (Å²) in [4.78, 5) is 13.1. The second-order valence-corrected chi connectivity index (χ2v) is 4.33. The largest absolute Gasteiger partial charge is 0.335 e. The lowest BCUT2D eigenvalue weighted by Gasteiger charge is -2.13.